The van der Waals surface area contributed by atoms with Crippen LogP contribution in [0.15, 0.2) is 151 Å². The predicted octanol–water partition coefficient (Wildman–Crippen LogP) is 8.82. The number of imide groups is 1. The second-order valence-corrected chi connectivity index (χ2v) is 15.0. The number of phenols is 1. The summed E-state index contributed by atoms with van der Waals surface area (Å²) in [6, 6.07) is 40.2. The van der Waals surface area contributed by atoms with E-state index in [4.69, 9.17) is 11.6 Å². The maximum Gasteiger partial charge on any atom is 0.238 e. The number of aromatic hydroxyl groups is 1. The molecule has 0 spiro atoms. The molecule has 0 unspecified atom stereocenters. The Kier molecular flexibility index (Phi) is 8.20. The molecular formula is C46H35ClN2O5. The average molecular weight is 731 g/mol. The first-order valence-electron chi connectivity index (χ1n) is 18.2. The van der Waals surface area contributed by atoms with Gasteiger partial charge < -0.3 is 10.4 Å². The number of carbonyl (C=O) groups is 4. The summed E-state index contributed by atoms with van der Waals surface area (Å²) in [6.07, 6.45) is 3.98. The Balaban J connectivity index is 1.18. The lowest BCUT2D eigenvalue weighted by atomic mass is 9.44. The van der Waals surface area contributed by atoms with Gasteiger partial charge in [-0.05, 0) is 90.1 Å². The second-order valence-electron chi connectivity index (χ2n) is 14.5. The van der Waals surface area contributed by atoms with Crippen molar-refractivity contribution in [3.05, 3.63) is 173 Å². The molecule has 8 heteroatoms. The number of nitrogens with one attached hydrogen (secondary N) is 1. The van der Waals surface area contributed by atoms with Crippen LogP contribution < -0.4 is 10.2 Å². The number of amides is 2. The van der Waals surface area contributed by atoms with Gasteiger partial charge in [-0.25, -0.2) is 0 Å². The SMILES string of the molecule is O=C1C(c2ccccc2)=CC(=O)[C@@]2(c3ccccc3)[C@@H](c3ccc(O)cc3Cl)C3=CC[C@@H]4C(=O)N(c5ccc(Nc6ccccc6)cc5)C(=O)[C@@H]4[C@@H]3C[C@@H]12. The van der Waals surface area contributed by atoms with Gasteiger partial charge in [-0.15, -0.1) is 0 Å². The van der Waals surface area contributed by atoms with Crippen molar-refractivity contribution < 1.29 is 24.3 Å². The smallest absolute Gasteiger partial charge is 0.238 e. The molecular weight excluding hydrogens is 696 g/mol. The molecule has 9 rings (SSSR count). The maximum atomic E-state index is 15.2. The lowest BCUT2D eigenvalue weighted by molar-refractivity contribution is -0.135. The summed E-state index contributed by atoms with van der Waals surface area (Å²) in [5.74, 6) is -4.62. The van der Waals surface area contributed by atoms with Crippen LogP contribution in [-0.2, 0) is 24.6 Å². The van der Waals surface area contributed by atoms with Crippen molar-refractivity contribution in [1.82, 2.24) is 0 Å². The third-order valence-electron chi connectivity index (χ3n) is 11.9. The molecule has 6 atom stereocenters. The number of hydrogen-bond donors (Lipinski definition) is 2. The van der Waals surface area contributed by atoms with Gasteiger partial charge in [0.05, 0.1) is 22.9 Å². The van der Waals surface area contributed by atoms with Crippen LogP contribution in [0.5, 0.6) is 5.75 Å². The standard InChI is InChI=1S/C46H35ClN2O5/c47-39-24-32(50)20-21-34(39)42-33-22-23-35-41(45(54)49(44(35)53)31-18-16-30(17-19-31)48-29-14-8-3-9-15-29)37(33)25-38-43(52)36(27-10-4-1-5-11-27)26-40(51)46(38,42)28-12-6-2-7-13-28/h1-22,24,26,35,37-38,41-42,48,50H,23,25H2/t35-,37+,38-,41-,42+,46-/m0/s1. The highest BCUT2D eigenvalue weighted by Gasteiger charge is 2.66. The van der Waals surface area contributed by atoms with Crippen LogP contribution in [0.3, 0.4) is 0 Å². The Morgan fingerprint density at radius 1 is 0.722 bits per heavy atom. The van der Waals surface area contributed by atoms with E-state index in [-0.39, 0.29) is 40.6 Å². The van der Waals surface area contributed by atoms with Crippen molar-refractivity contribution in [3.63, 3.8) is 0 Å². The summed E-state index contributed by atoms with van der Waals surface area (Å²) in [4.78, 5) is 60.5. The molecule has 7 nitrogen and oxygen atoms in total. The average Bonchev–Trinajstić information content (AvgIpc) is 3.45. The van der Waals surface area contributed by atoms with Crippen molar-refractivity contribution in [2.45, 2.75) is 24.2 Å². The molecule has 1 aliphatic heterocycles. The first kappa shape index (κ1) is 33.8. The minimum Gasteiger partial charge on any atom is -0.508 e. The fourth-order valence-electron chi connectivity index (χ4n) is 9.61. The molecule has 1 saturated heterocycles. The number of halogens is 1. The molecule has 5 aromatic rings. The van der Waals surface area contributed by atoms with E-state index in [1.54, 1.807) is 18.2 Å². The number of anilines is 3. The van der Waals surface area contributed by atoms with Gasteiger partial charge >= 0.3 is 0 Å². The van der Waals surface area contributed by atoms with E-state index in [0.717, 1.165) is 16.9 Å². The normalized spacial score (nSPS) is 26.0. The number of allylic oxidation sites excluding steroid dienone is 4. The molecule has 0 aromatic heterocycles. The molecule has 0 bridgehead atoms. The number of rotatable bonds is 6. The molecule has 54 heavy (non-hydrogen) atoms. The number of Topliss-reactive ketones (excluding diaryl/α,β-unsaturated/α-hetero) is 1. The number of ketones is 2. The summed E-state index contributed by atoms with van der Waals surface area (Å²) in [5, 5.41) is 14.0. The lowest BCUT2D eigenvalue weighted by Gasteiger charge is -2.55. The van der Waals surface area contributed by atoms with Crippen LogP contribution in [0.4, 0.5) is 17.1 Å². The van der Waals surface area contributed by atoms with Crippen LogP contribution in [0.2, 0.25) is 5.02 Å². The molecule has 2 N–H and O–H groups in total. The van der Waals surface area contributed by atoms with Crippen molar-refractivity contribution in [1.29, 1.82) is 0 Å². The van der Waals surface area contributed by atoms with Gasteiger partial charge in [0.1, 0.15) is 5.75 Å². The van der Waals surface area contributed by atoms with Gasteiger partial charge in [0.25, 0.3) is 0 Å². The number of para-hydroxylation sites is 1. The van der Waals surface area contributed by atoms with Gasteiger partial charge in [0.2, 0.25) is 11.8 Å². The van der Waals surface area contributed by atoms with Gasteiger partial charge in [0.15, 0.2) is 11.6 Å². The highest BCUT2D eigenvalue weighted by Crippen LogP contribution is 2.64. The highest BCUT2D eigenvalue weighted by atomic mass is 35.5. The number of hydrogen-bond acceptors (Lipinski definition) is 6. The van der Waals surface area contributed by atoms with Crippen molar-refractivity contribution in [2.75, 3.05) is 10.2 Å². The van der Waals surface area contributed by atoms with Crippen molar-refractivity contribution in [2.24, 2.45) is 23.7 Å². The fraction of sp³-hybridized carbons (Fsp3) is 0.174. The largest absolute Gasteiger partial charge is 0.508 e. The molecule has 266 valence electrons. The number of fused-ring (bicyclic) bond motifs is 4. The van der Waals surface area contributed by atoms with Crippen LogP contribution in [0.25, 0.3) is 5.57 Å². The molecule has 1 heterocycles. The first-order chi connectivity index (χ1) is 26.3. The third kappa shape index (κ3) is 5.17. The second kappa shape index (κ2) is 13.1. The van der Waals surface area contributed by atoms with E-state index < -0.39 is 35.0 Å². The molecule has 5 aromatic carbocycles. The van der Waals surface area contributed by atoms with E-state index >= 15 is 9.59 Å². The zero-order valence-electron chi connectivity index (χ0n) is 29.1. The molecule has 3 aliphatic carbocycles. The molecule has 0 radical (unpaired) electrons. The van der Waals surface area contributed by atoms with E-state index in [9.17, 15) is 14.7 Å². The minimum atomic E-state index is -1.40. The number of benzene rings is 5. The summed E-state index contributed by atoms with van der Waals surface area (Å²) < 4.78 is 0. The summed E-state index contributed by atoms with van der Waals surface area (Å²) in [6.45, 7) is 0. The molecule has 2 fully saturated rings. The summed E-state index contributed by atoms with van der Waals surface area (Å²) in [7, 11) is 0. The van der Waals surface area contributed by atoms with Gasteiger partial charge in [-0.1, -0.05) is 108 Å². The Morgan fingerprint density at radius 3 is 2.06 bits per heavy atom. The zero-order valence-corrected chi connectivity index (χ0v) is 29.8. The first-order valence-corrected chi connectivity index (χ1v) is 18.5. The van der Waals surface area contributed by atoms with E-state index in [0.29, 0.717) is 34.4 Å². The Labute approximate surface area is 317 Å². The third-order valence-corrected chi connectivity index (χ3v) is 12.2. The lowest BCUT2D eigenvalue weighted by Crippen LogP contribution is -2.58. The zero-order chi connectivity index (χ0) is 37.1. The van der Waals surface area contributed by atoms with Crippen molar-refractivity contribution >= 4 is 57.6 Å². The number of carbonyl (C=O) groups excluding carboxylic acids is 4. The van der Waals surface area contributed by atoms with Crippen molar-refractivity contribution in [3.8, 4) is 5.75 Å². The monoisotopic (exact) mass is 730 g/mol. The number of phenolic OH excluding ortho intramolecular Hbond substituents is 1. The summed E-state index contributed by atoms with van der Waals surface area (Å²) in [5.41, 5.74) is 3.83. The highest BCUT2D eigenvalue weighted by molar-refractivity contribution is 6.33. The van der Waals surface area contributed by atoms with Crippen LogP contribution in [0, 0.1) is 23.7 Å². The van der Waals surface area contributed by atoms with Crippen LogP contribution in [-0.4, -0.2) is 28.5 Å². The Morgan fingerprint density at radius 2 is 1.37 bits per heavy atom. The Hall–Kier alpha value is -6.05. The van der Waals surface area contributed by atoms with Gasteiger partial charge in [0, 0.05) is 33.8 Å². The topological polar surface area (TPSA) is 104 Å². The number of nitrogens with zero attached hydrogens (tertiary/aromatic N) is 1. The Bertz CT molecular complexity index is 2390. The van der Waals surface area contributed by atoms with E-state index in [2.05, 4.69) is 5.32 Å². The maximum absolute atomic E-state index is 15.2. The predicted molar refractivity (Wildman–Crippen MR) is 208 cm³/mol. The molecule has 1 saturated carbocycles. The minimum absolute atomic E-state index is 0.0337. The molecule has 2 amide bonds. The van der Waals surface area contributed by atoms with Crippen LogP contribution >= 0.6 is 11.6 Å². The van der Waals surface area contributed by atoms with E-state index in [1.807, 2.05) is 109 Å². The van der Waals surface area contributed by atoms with E-state index in [1.165, 1.54) is 23.1 Å². The van der Waals surface area contributed by atoms with Crippen LogP contribution in [0.1, 0.15) is 35.4 Å². The van der Waals surface area contributed by atoms with Gasteiger partial charge in [-0.3, -0.25) is 24.1 Å². The quantitative estimate of drug-likeness (QED) is 0.134. The summed E-state index contributed by atoms with van der Waals surface area (Å²) >= 11 is 6.98. The van der Waals surface area contributed by atoms with Gasteiger partial charge in [-0.2, -0.15) is 0 Å². The fourth-order valence-corrected chi connectivity index (χ4v) is 9.89. The molecule has 4 aliphatic rings.